The largest absolute Gasteiger partial charge is 0.479 e. The number of ether oxygens (including phenoxy) is 1. The Morgan fingerprint density at radius 3 is 2.45 bits per heavy atom. The fraction of sp³-hybridized carbons (Fsp3) is 0.406. The van der Waals surface area contributed by atoms with Crippen molar-refractivity contribution in [1.29, 1.82) is 0 Å². The van der Waals surface area contributed by atoms with Gasteiger partial charge in [0.2, 0.25) is 11.6 Å². The van der Waals surface area contributed by atoms with Crippen LogP contribution in [0, 0.1) is 30.2 Å². The van der Waals surface area contributed by atoms with E-state index in [4.69, 9.17) is 4.74 Å². The van der Waals surface area contributed by atoms with Gasteiger partial charge in [0, 0.05) is 12.6 Å². The molecule has 6 nitrogen and oxygen atoms in total. The summed E-state index contributed by atoms with van der Waals surface area (Å²) >= 11 is 0. The third-order valence-electron chi connectivity index (χ3n) is 6.65. The number of carbonyl (C=O) groups is 1. The van der Waals surface area contributed by atoms with Crippen LogP contribution in [0.2, 0.25) is 0 Å². The van der Waals surface area contributed by atoms with E-state index in [9.17, 15) is 22.4 Å². The summed E-state index contributed by atoms with van der Waals surface area (Å²) < 4.78 is 61.1. The van der Waals surface area contributed by atoms with Crippen molar-refractivity contribution in [2.75, 3.05) is 6.61 Å². The average Bonchev–Trinajstić information content (AvgIpc) is 3.79. The van der Waals surface area contributed by atoms with E-state index >= 15 is 0 Å². The molecule has 0 spiro atoms. The molecule has 226 valence electrons. The Bertz CT molecular complexity index is 1360. The number of hydrogen-bond acceptors (Lipinski definition) is 5. The molecular formula is C32H38F4N4O2. The molecular weight excluding hydrogens is 548 g/mol. The van der Waals surface area contributed by atoms with Gasteiger partial charge in [-0.25, -0.2) is 13.5 Å². The Hall–Kier alpha value is -3.79. The van der Waals surface area contributed by atoms with E-state index < -0.39 is 47.5 Å². The van der Waals surface area contributed by atoms with Crippen LogP contribution in [0.3, 0.4) is 0 Å². The van der Waals surface area contributed by atoms with Crippen LogP contribution in [0.1, 0.15) is 86.8 Å². The summed E-state index contributed by atoms with van der Waals surface area (Å²) in [5.74, 6) is -8.47. The predicted octanol–water partition coefficient (Wildman–Crippen LogP) is 7.74. The maximum Gasteiger partial charge on any atom is 0.203 e. The fourth-order valence-electron chi connectivity index (χ4n) is 3.92. The van der Waals surface area contributed by atoms with Crippen LogP contribution < -0.4 is 10.1 Å². The molecule has 0 radical (unpaired) electrons. The number of carbonyl (C=O) groups excluding carboxylic acids is 1. The number of Topliss-reactive ketones (excluding diaryl/α,β-unsaturated/α-hetero) is 1. The highest BCUT2D eigenvalue weighted by atomic mass is 19.2. The molecule has 2 atom stereocenters. The van der Waals surface area contributed by atoms with Crippen molar-refractivity contribution in [3.8, 4) is 5.75 Å². The summed E-state index contributed by atoms with van der Waals surface area (Å²) in [6.45, 7) is 9.36. The number of allylic oxidation sites excluding steroid dienone is 2. The van der Waals surface area contributed by atoms with Gasteiger partial charge in [-0.1, -0.05) is 87.2 Å². The number of unbranched alkanes of at least 4 members (excludes halogenated alkanes) is 1. The van der Waals surface area contributed by atoms with Crippen molar-refractivity contribution in [2.45, 2.75) is 77.9 Å². The molecule has 1 saturated carbocycles. The highest BCUT2D eigenvalue weighted by molar-refractivity contribution is 5.84. The first-order valence-electron chi connectivity index (χ1n) is 14.2. The molecule has 0 saturated heterocycles. The SMILES string of the molecule is C1CC1.C=C/C=C\c1cc(CNC(C)c2cn(C(CCCC)C(=O)COc3c(F)c(F)cc(F)c3F)nn2)ccc1C. The topological polar surface area (TPSA) is 69.0 Å². The number of benzene rings is 2. The van der Waals surface area contributed by atoms with Crippen LogP contribution in [0.4, 0.5) is 17.6 Å². The zero-order valence-corrected chi connectivity index (χ0v) is 24.3. The predicted molar refractivity (Wildman–Crippen MR) is 155 cm³/mol. The van der Waals surface area contributed by atoms with Crippen LogP contribution in [0.5, 0.6) is 5.75 Å². The zero-order chi connectivity index (χ0) is 30.6. The van der Waals surface area contributed by atoms with E-state index in [0.29, 0.717) is 25.1 Å². The van der Waals surface area contributed by atoms with Crippen molar-refractivity contribution in [3.63, 3.8) is 0 Å². The molecule has 2 unspecified atom stereocenters. The lowest BCUT2D eigenvalue weighted by atomic mass is 10.0. The summed E-state index contributed by atoms with van der Waals surface area (Å²) in [4.78, 5) is 13.0. The van der Waals surface area contributed by atoms with Crippen LogP contribution in [0.25, 0.3) is 6.08 Å². The second-order valence-electron chi connectivity index (χ2n) is 10.3. The quantitative estimate of drug-likeness (QED) is 0.119. The van der Waals surface area contributed by atoms with Crippen LogP contribution >= 0.6 is 0 Å². The van der Waals surface area contributed by atoms with Gasteiger partial charge >= 0.3 is 0 Å². The molecule has 4 rings (SSSR count). The summed E-state index contributed by atoms with van der Waals surface area (Å²) in [7, 11) is 0. The van der Waals surface area contributed by atoms with E-state index in [0.717, 1.165) is 23.1 Å². The second kappa shape index (κ2) is 16.0. The van der Waals surface area contributed by atoms with Gasteiger partial charge < -0.3 is 10.1 Å². The minimum Gasteiger partial charge on any atom is -0.479 e. The Morgan fingerprint density at radius 2 is 1.83 bits per heavy atom. The molecule has 1 aromatic heterocycles. The third kappa shape index (κ3) is 9.37. The van der Waals surface area contributed by atoms with Crippen molar-refractivity contribution in [3.05, 3.63) is 94.8 Å². The second-order valence-corrected chi connectivity index (χ2v) is 10.3. The van der Waals surface area contributed by atoms with Crippen molar-refractivity contribution >= 4 is 11.9 Å². The van der Waals surface area contributed by atoms with Crippen LogP contribution in [-0.4, -0.2) is 27.4 Å². The van der Waals surface area contributed by atoms with Gasteiger partial charge in [-0.15, -0.1) is 5.10 Å². The van der Waals surface area contributed by atoms with Crippen molar-refractivity contribution in [2.24, 2.45) is 0 Å². The molecule has 10 heteroatoms. The first-order valence-corrected chi connectivity index (χ1v) is 14.2. The molecule has 0 amide bonds. The van der Waals surface area contributed by atoms with Gasteiger partial charge in [0.15, 0.2) is 23.2 Å². The summed E-state index contributed by atoms with van der Waals surface area (Å²) in [5.41, 5.74) is 3.90. The lowest BCUT2D eigenvalue weighted by Gasteiger charge is -2.17. The lowest BCUT2D eigenvalue weighted by Crippen LogP contribution is -2.26. The summed E-state index contributed by atoms with van der Waals surface area (Å²) in [6.07, 6.45) is 13.5. The van der Waals surface area contributed by atoms with Gasteiger partial charge in [0.1, 0.15) is 12.6 Å². The summed E-state index contributed by atoms with van der Waals surface area (Å²) in [5, 5.41) is 11.7. The number of rotatable bonds is 14. The molecule has 1 aliphatic rings. The molecule has 0 bridgehead atoms. The van der Waals surface area contributed by atoms with E-state index in [2.05, 4.69) is 28.3 Å². The standard InChI is InChI=1S/C29H32F4N4O2.C3H6/c1-5-7-9-21-13-20(12-11-18(21)3)15-34-19(4)24-16-37(36-35-24)25(10-8-6-2)26(38)17-39-29-27(32)22(30)14-23(31)28(29)33;1-2-3-1/h5,7,9,11-14,16,19,25,34H,1,6,8,10,15,17H2,2-4H3;1-3H2/b9-7-;. The van der Waals surface area contributed by atoms with Gasteiger partial charge in [-0.05, 0) is 37.0 Å². The number of halogens is 4. The van der Waals surface area contributed by atoms with Crippen LogP contribution in [-0.2, 0) is 11.3 Å². The van der Waals surface area contributed by atoms with Crippen LogP contribution in [0.15, 0.2) is 49.2 Å². The van der Waals surface area contributed by atoms with E-state index in [-0.39, 0.29) is 12.1 Å². The highest BCUT2D eigenvalue weighted by Crippen LogP contribution is 2.27. The lowest BCUT2D eigenvalue weighted by molar-refractivity contribution is -0.124. The fourth-order valence-corrected chi connectivity index (χ4v) is 3.92. The summed E-state index contributed by atoms with van der Waals surface area (Å²) in [6, 6.07) is 5.20. The number of aromatic nitrogens is 3. The number of nitrogens with zero attached hydrogens (tertiary/aromatic N) is 3. The molecule has 3 aromatic rings. The first kappa shape index (κ1) is 32.7. The zero-order valence-electron chi connectivity index (χ0n) is 24.3. The van der Waals surface area contributed by atoms with Crippen molar-refractivity contribution < 1.29 is 27.1 Å². The Labute approximate surface area is 244 Å². The average molecular weight is 587 g/mol. The number of aryl methyl sites for hydroxylation is 1. The maximum absolute atomic E-state index is 13.9. The van der Waals surface area contributed by atoms with E-state index in [1.54, 1.807) is 12.3 Å². The van der Waals surface area contributed by atoms with E-state index in [1.807, 2.05) is 45.1 Å². The van der Waals surface area contributed by atoms with Gasteiger partial charge in [-0.2, -0.15) is 8.78 Å². The highest BCUT2D eigenvalue weighted by Gasteiger charge is 2.26. The molecule has 1 fully saturated rings. The molecule has 2 aromatic carbocycles. The molecule has 1 aliphatic carbocycles. The first-order chi connectivity index (χ1) is 20.2. The number of ketones is 1. The minimum atomic E-state index is -1.70. The molecule has 42 heavy (non-hydrogen) atoms. The van der Waals surface area contributed by atoms with E-state index in [1.165, 1.54) is 23.9 Å². The Kier molecular flexibility index (Phi) is 12.5. The maximum atomic E-state index is 13.9. The Morgan fingerprint density at radius 1 is 1.14 bits per heavy atom. The third-order valence-corrected chi connectivity index (χ3v) is 6.65. The van der Waals surface area contributed by atoms with Gasteiger partial charge in [-0.3, -0.25) is 4.79 Å². The van der Waals surface area contributed by atoms with Crippen molar-refractivity contribution in [1.82, 2.24) is 20.3 Å². The normalized spacial score (nSPS) is 13.8. The molecule has 1 N–H and O–H groups in total. The van der Waals surface area contributed by atoms with Gasteiger partial charge in [0.05, 0.1) is 17.9 Å². The molecule has 1 heterocycles. The number of nitrogens with one attached hydrogen (secondary N) is 1. The Balaban J connectivity index is 0.00000151. The molecule has 0 aliphatic heterocycles. The smallest absolute Gasteiger partial charge is 0.203 e. The minimum absolute atomic E-state index is 0.0766. The monoisotopic (exact) mass is 586 g/mol. The number of hydrogen-bond donors (Lipinski definition) is 1. The van der Waals surface area contributed by atoms with Gasteiger partial charge in [0.25, 0.3) is 0 Å².